The topological polar surface area (TPSA) is 151 Å². The van der Waals surface area contributed by atoms with Crippen LogP contribution in [-0.2, 0) is 31.9 Å². The van der Waals surface area contributed by atoms with Crippen molar-refractivity contribution in [3.63, 3.8) is 0 Å². The number of aliphatic hydroxyl groups is 1. The highest BCUT2D eigenvalue weighted by atomic mass is 16.8. The highest BCUT2D eigenvalue weighted by molar-refractivity contribution is 5.74. The van der Waals surface area contributed by atoms with Gasteiger partial charge >= 0.3 is 18.2 Å². The van der Waals surface area contributed by atoms with E-state index >= 15 is 0 Å². The van der Waals surface area contributed by atoms with Crippen LogP contribution in [0.2, 0.25) is 0 Å². The molecule has 0 bridgehead atoms. The molecule has 1 saturated carbocycles. The van der Waals surface area contributed by atoms with Crippen LogP contribution in [0, 0.1) is 17.8 Å². The Hall–Kier alpha value is -4.34. The Bertz CT molecular complexity index is 1490. The van der Waals surface area contributed by atoms with Gasteiger partial charge in [-0.3, -0.25) is 9.69 Å². The molecule has 252 valence electrons. The van der Waals surface area contributed by atoms with Crippen molar-refractivity contribution in [2.75, 3.05) is 31.6 Å². The highest BCUT2D eigenvalue weighted by Crippen LogP contribution is 2.37. The number of hydrogen-bond donors (Lipinski definition) is 3. The molecule has 1 amide bonds. The quantitative estimate of drug-likeness (QED) is 0.191. The van der Waals surface area contributed by atoms with E-state index in [1.807, 2.05) is 30.3 Å². The van der Waals surface area contributed by atoms with Gasteiger partial charge in [0.1, 0.15) is 17.5 Å². The largest absolute Gasteiger partial charge is 0.529 e. The van der Waals surface area contributed by atoms with Gasteiger partial charge in [-0.2, -0.15) is 0 Å². The maximum atomic E-state index is 13.3. The van der Waals surface area contributed by atoms with Gasteiger partial charge in [-0.1, -0.05) is 30.2 Å². The Morgan fingerprint density at radius 3 is 2.57 bits per heavy atom. The zero-order valence-electron chi connectivity index (χ0n) is 27.2. The monoisotopic (exact) mass is 648 g/mol. The fourth-order valence-corrected chi connectivity index (χ4v) is 6.05. The van der Waals surface area contributed by atoms with Gasteiger partial charge in [-0.15, -0.1) is 5.06 Å². The standard InChI is InChI=1S/C35H44N4O8/c1-34(2,3)45-32(43)38-22-35(23-38,17-15-24-8-5-4-6-9-24)46-33(44)47-39(29(16-19-40)31(41)42)28-20-25(21-28)11-13-27-14-12-26-10-7-18-36-30(26)37-27/h4-6,8-9,12,14,25,28-29,40H,7,10-11,13,16,18-23H2,1-3H3,(H,36,37)(H,41,42)/t25?,28?,29-/m0/s1. The molecule has 0 unspecified atom stereocenters. The van der Waals surface area contributed by atoms with Gasteiger partial charge in [-0.25, -0.2) is 14.6 Å². The lowest BCUT2D eigenvalue weighted by Crippen LogP contribution is -2.65. The molecule has 0 radical (unpaired) electrons. The Balaban J connectivity index is 1.24. The van der Waals surface area contributed by atoms with Crippen LogP contribution in [0.1, 0.15) is 69.7 Å². The number of ether oxygens (including phenoxy) is 2. The number of rotatable bonds is 10. The number of pyridine rings is 1. The van der Waals surface area contributed by atoms with Crippen LogP contribution in [-0.4, -0.2) is 92.9 Å². The number of benzene rings is 1. The van der Waals surface area contributed by atoms with Crippen LogP contribution >= 0.6 is 0 Å². The summed E-state index contributed by atoms with van der Waals surface area (Å²) in [5, 5.41) is 24.1. The zero-order valence-corrected chi connectivity index (χ0v) is 27.2. The number of nitrogens with one attached hydrogen (secondary N) is 1. The van der Waals surface area contributed by atoms with Gasteiger partial charge in [0.2, 0.25) is 5.60 Å². The summed E-state index contributed by atoms with van der Waals surface area (Å²) < 4.78 is 11.2. The van der Waals surface area contributed by atoms with Crippen molar-refractivity contribution in [2.24, 2.45) is 5.92 Å². The third-order valence-electron chi connectivity index (χ3n) is 8.54. The predicted molar refractivity (Wildman–Crippen MR) is 172 cm³/mol. The Morgan fingerprint density at radius 2 is 1.89 bits per heavy atom. The summed E-state index contributed by atoms with van der Waals surface area (Å²) in [6.45, 7) is 5.70. The van der Waals surface area contributed by atoms with Crippen molar-refractivity contribution in [3.8, 4) is 11.8 Å². The number of hydrogen-bond acceptors (Lipinski definition) is 10. The number of likely N-dealkylation sites (tertiary alicyclic amines) is 1. The van der Waals surface area contributed by atoms with Gasteiger partial charge in [-0.05, 0) is 101 Å². The smallest absolute Gasteiger partial charge is 0.480 e. The molecule has 5 rings (SSSR count). The van der Waals surface area contributed by atoms with Crippen molar-refractivity contribution in [1.29, 1.82) is 0 Å². The minimum absolute atomic E-state index is 0.0480. The number of aryl methyl sites for hydroxylation is 2. The molecule has 3 N–H and O–H groups in total. The first kappa shape index (κ1) is 34.0. The number of aliphatic carboxylic acids is 1. The van der Waals surface area contributed by atoms with Crippen LogP contribution in [0.15, 0.2) is 42.5 Å². The van der Waals surface area contributed by atoms with Gasteiger partial charge in [0.05, 0.1) is 13.1 Å². The fourth-order valence-electron chi connectivity index (χ4n) is 6.05. The van der Waals surface area contributed by atoms with E-state index in [9.17, 15) is 24.6 Å². The van der Waals surface area contributed by atoms with Crippen molar-refractivity contribution in [3.05, 3.63) is 59.3 Å². The first-order valence-electron chi connectivity index (χ1n) is 16.3. The molecule has 1 aliphatic carbocycles. The molecule has 3 heterocycles. The molecule has 3 aliphatic rings. The van der Waals surface area contributed by atoms with Gasteiger partial charge in [0.15, 0.2) is 0 Å². The van der Waals surface area contributed by atoms with E-state index in [2.05, 4.69) is 29.3 Å². The third kappa shape index (κ3) is 8.93. The van der Waals surface area contributed by atoms with Gasteiger partial charge < -0.3 is 29.8 Å². The van der Waals surface area contributed by atoms with Crippen molar-refractivity contribution in [2.45, 2.75) is 89.0 Å². The van der Waals surface area contributed by atoms with Crippen molar-refractivity contribution >= 4 is 24.0 Å². The second-order valence-electron chi connectivity index (χ2n) is 13.5. The number of carbonyl (C=O) groups is 3. The predicted octanol–water partition coefficient (Wildman–Crippen LogP) is 4.40. The first-order valence-corrected chi connectivity index (χ1v) is 16.3. The lowest BCUT2D eigenvalue weighted by Gasteiger charge is -2.46. The number of aliphatic hydroxyl groups excluding tert-OH is 1. The number of carboxylic acid groups (broad SMARTS) is 1. The zero-order chi connectivity index (χ0) is 33.6. The van der Waals surface area contributed by atoms with Crippen LogP contribution in [0.5, 0.6) is 0 Å². The maximum Gasteiger partial charge on any atom is 0.529 e. The number of fused-ring (bicyclic) bond motifs is 1. The molecule has 12 nitrogen and oxygen atoms in total. The Labute approximate surface area is 275 Å². The summed E-state index contributed by atoms with van der Waals surface area (Å²) in [5.41, 5.74) is 0.838. The average Bonchev–Trinajstić information content (AvgIpc) is 2.99. The first-order chi connectivity index (χ1) is 22.4. The van der Waals surface area contributed by atoms with Gasteiger partial charge in [0, 0.05) is 30.5 Å². The molecular formula is C35H44N4O8. The van der Waals surface area contributed by atoms with E-state index in [4.69, 9.17) is 19.3 Å². The number of nitrogens with zero attached hydrogens (tertiary/aromatic N) is 3. The summed E-state index contributed by atoms with van der Waals surface area (Å²) in [6.07, 6.45) is 3.15. The van der Waals surface area contributed by atoms with E-state index in [0.717, 1.165) is 48.8 Å². The third-order valence-corrected chi connectivity index (χ3v) is 8.54. The van der Waals surface area contributed by atoms with Crippen molar-refractivity contribution < 1.29 is 38.9 Å². The molecule has 1 aromatic heterocycles. The van der Waals surface area contributed by atoms with Crippen LogP contribution in [0.4, 0.5) is 15.4 Å². The average molecular weight is 649 g/mol. The number of aromatic nitrogens is 1. The normalized spacial score (nSPS) is 20.2. The number of hydroxylamine groups is 2. The van der Waals surface area contributed by atoms with Crippen LogP contribution in [0.25, 0.3) is 0 Å². The summed E-state index contributed by atoms with van der Waals surface area (Å²) in [7, 11) is 0. The van der Waals surface area contributed by atoms with E-state index < -0.39 is 42.1 Å². The molecule has 12 heteroatoms. The fraction of sp³-hybridized carbons (Fsp3) is 0.543. The molecule has 2 aromatic rings. The number of anilines is 1. The molecule has 0 spiro atoms. The maximum absolute atomic E-state index is 13.3. The van der Waals surface area contributed by atoms with E-state index in [0.29, 0.717) is 18.4 Å². The Morgan fingerprint density at radius 1 is 1.15 bits per heavy atom. The van der Waals surface area contributed by atoms with Crippen LogP contribution in [0.3, 0.4) is 0 Å². The summed E-state index contributed by atoms with van der Waals surface area (Å²) in [4.78, 5) is 50.0. The van der Waals surface area contributed by atoms with Gasteiger partial charge in [0.25, 0.3) is 0 Å². The lowest BCUT2D eigenvalue weighted by molar-refractivity contribution is -0.222. The lowest BCUT2D eigenvalue weighted by atomic mass is 9.76. The molecule has 2 fully saturated rings. The summed E-state index contributed by atoms with van der Waals surface area (Å²) in [6, 6.07) is 11.7. The molecule has 1 saturated heterocycles. The van der Waals surface area contributed by atoms with E-state index in [1.54, 1.807) is 20.8 Å². The second kappa shape index (κ2) is 14.6. The molecule has 1 atom stereocenters. The summed E-state index contributed by atoms with van der Waals surface area (Å²) in [5.74, 6) is 6.00. The molecule has 1 aromatic carbocycles. The minimum Gasteiger partial charge on any atom is -0.480 e. The second-order valence-corrected chi connectivity index (χ2v) is 13.5. The number of carbonyl (C=O) groups excluding carboxylic acids is 2. The van der Waals surface area contributed by atoms with Crippen LogP contribution < -0.4 is 5.32 Å². The molecule has 47 heavy (non-hydrogen) atoms. The Kier molecular flexibility index (Phi) is 10.6. The van der Waals surface area contributed by atoms with E-state index in [1.165, 1.54) is 10.5 Å². The van der Waals surface area contributed by atoms with E-state index in [-0.39, 0.29) is 31.5 Å². The SMILES string of the molecule is CC(C)(C)OC(=O)N1CC(C#Cc2ccccc2)(OC(=O)ON(C2CC(CCc3ccc4c(n3)NCCC4)C2)[C@@H](CCO)C(=O)O)C1. The number of carboxylic acids is 1. The molecule has 2 aliphatic heterocycles. The molecular weight excluding hydrogens is 604 g/mol. The van der Waals surface area contributed by atoms with Crippen molar-refractivity contribution in [1.82, 2.24) is 14.9 Å². The highest BCUT2D eigenvalue weighted by Gasteiger charge is 2.51. The number of amides is 1. The minimum atomic E-state index is -1.38. The summed E-state index contributed by atoms with van der Waals surface area (Å²) >= 11 is 0.